The maximum atomic E-state index is 12.8. The van der Waals surface area contributed by atoms with Gasteiger partial charge in [-0.05, 0) is 49.1 Å². The van der Waals surface area contributed by atoms with Crippen molar-refractivity contribution in [2.75, 3.05) is 13.1 Å². The summed E-state index contributed by atoms with van der Waals surface area (Å²) in [5, 5.41) is 18.8. The van der Waals surface area contributed by atoms with E-state index in [4.69, 9.17) is 0 Å². The Morgan fingerprint density at radius 3 is 2.23 bits per heavy atom. The van der Waals surface area contributed by atoms with Crippen molar-refractivity contribution in [3.05, 3.63) is 83.7 Å². The fraction of sp³-hybridized carbons (Fsp3) is 0.400. The molecule has 1 aromatic heterocycles. The van der Waals surface area contributed by atoms with Crippen molar-refractivity contribution >= 4 is 5.91 Å². The Morgan fingerprint density at radius 1 is 0.968 bits per heavy atom. The molecule has 2 aromatic carbocycles. The average molecular weight is 419 g/mol. The highest BCUT2D eigenvalue weighted by Gasteiger charge is 2.28. The van der Waals surface area contributed by atoms with Crippen LogP contribution >= 0.6 is 0 Å². The summed E-state index contributed by atoms with van der Waals surface area (Å²) < 4.78 is 1.74. The molecule has 1 amide bonds. The van der Waals surface area contributed by atoms with Gasteiger partial charge in [0.1, 0.15) is 0 Å². The normalized spacial score (nSPS) is 15.7. The first kappa shape index (κ1) is 21.2. The van der Waals surface area contributed by atoms with E-state index in [9.17, 15) is 9.90 Å². The van der Waals surface area contributed by atoms with Crippen molar-refractivity contribution < 1.29 is 9.90 Å². The number of carbonyl (C=O) groups excluding carboxylic acids is 1. The Morgan fingerprint density at radius 2 is 1.58 bits per heavy atom. The minimum atomic E-state index is -0.323. The lowest BCUT2D eigenvalue weighted by atomic mass is 9.88. The van der Waals surface area contributed by atoms with Gasteiger partial charge in [-0.1, -0.05) is 65.9 Å². The lowest BCUT2D eigenvalue weighted by Gasteiger charge is -2.34. The molecule has 4 rings (SSSR count). The van der Waals surface area contributed by atoms with Crippen molar-refractivity contribution in [2.45, 2.75) is 44.8 Å². The number of aromatic nitrogens is 3. The summed E-state index contributed by atoms with van der Waals surface area (Å²) in [6, 6.07) is 20.5. The summed E-state index contributed by atoms with van der Waals surface area (Å²) in [5.74, 6) is 0.178. The number of aliphatic hydroxyl groups is 1. The summed E-state index contributed by atoms with van der Waals surface area (Å²) in [6.45, 7) is 2.01. The molecule has 162 valence electrons. The highest BCUT2D eigenvalue weighted by molar-refractivity contribution is 5.91. The molecular formula is C25H30N4O2. The Kier molecular flexibility index (Phi) is 7.10. The second kappa shape index (κ2) is 10.4. The van der Waals surface area contributed by atoms with Crippen molar-refractivity contribution in [1.29, 1.82) is 0 Å². The van der Waals surface area contributed by atoms with Crippen molar-refractivity contribution in [3.8, 4) is 0 Å². The Bertz CT molecular complexity index is 950. The van der Waals surface area contributed by atoms with Crippen molar-refractivity contribution in [1.82, 2.24) is 19.9 Å². The molecule has 2 heterocycles. The summed E-state index contributed by atoms with van der Waals surface area (Å²) in [4.78, 5) is 14.7. The number of aryl methyl sites for hydroxylation is 3. The first-order chi connectivity index (χ1) is 15.2. The van der Waals surface area contributed by atoms with Gasteiger partial charge >= 0.3 is 0 Å². The van der Waals surface area contributed by atoms with E-state index in [0.29, 0.717) is 25.3 Å². The number of amides is 1. The van der Waals surface area contributed by atoms with Gasteiger partial charge in [-0.15, -0.1) is 5.10 Å². The molecule has 0 bridgehead atoms. The van der Waals surface area contributed by atoms with Crippen LogP contribution in [0.4, 0.5) is 0 Å². The molecule has 0 saturated carbocycles. The number of nitrogens with zero attached hydrogens (tertiary/aromatic N) is 4. The molecule has 1 aliphatic heterocycles. The van der Waals surface area contributed by atoms with Gasteiger partial charge in [0.05, 0.1) is 12.3 Å². The van der Waals surface area contributed by atoms with Crippen LogP contribution in [0.25, 0.3) is 0 Å². The van der Waals surface area contributed by atoms with Crippen LogP contribution in [0.5, 0.6) is 0 Å². The third-order valence-electron chi connectivity index (χ3n) is 6.17. The monoisotopic (exact) mass is 418 g/mol. The zero-order valence-corrected chi connectivity index (χ0v) is 17.8. The van der Waals surface area contributed by atoms with Crippen LogP contribution in [-0.4, -0.2) is 50.1 Å². The van der Waals surface area contributed by atoms with Gasteiger partial charge in [0, 0.05) is 19.6 Å². The zero-order chi connectivity index (χ0) is 21.5. The van der Waals surface area contributed by atoms with Gasteiger partial charge in [-0.2, -0.15) is 0 Å². The molecule has 0 aliphatic carbocycles. The maximum absolute atomic E-state index is 12.8. The Balaban J connectivity index is 1.23. The van der Waals surface area contributed by atoms with E-state index in [1.165, 1.54) is 11.1 Å². The molecule has 0 spiro atoms. The van der Waals surface area contributed by atoms with Gasteiger partial charge in [-0.25, -0.2) is 0 Å². The molecule has 0 radical (unpaired) electrons. The van der Waals surface area contributed by atoms with Gasteiger partial charge in [-0.3, -0.25) is 9.48 Å². The van der Waals surface area contributed by atoms with Gasteiger partial charge in [0.2, 0.25) is 0 Å². The fourth-order valence-electron chi connectivity index (χ4n) is 4.24. The third kappa shape index (κ3) is 5.79. The topological polar surface area (TPSA) is 71.2 Å². The minimum absolute atomic E-state index is 0.0665. The van der Waals surface area contributed by atoms with Crippen LogP contribution in [0, 0.1) is 5.92 Å². The quantitative estimate of drug-likeness (QED) is 0.609. The smallest absolute Gasteiger partial charge is 0.276 e. The number of carbonyl (C=O) groups is 1. The predicted octanol–water partition coefficient (Wildman–Crippen LogP) is 3.37. The van der Waals surface area contributed by atoms with E-state index in [1.54, 1.807) is 10.9 Å². The number of benzene rings is 2. The number of aliphatic hydroxyl groups excluding tert-OH is 1. The average Bonchev–Trinajstić information content (AvgIpc) is 3.31. The van der Waals surface area contributed by atoms with E-state index in [1.807, 2.05) is 41.3 Å². The number of likely N-dealkylation sites (tertiary alicyclic amines) is 1. The highest BCUT2D eigenvalue weighted by Crippen LogP contribution is 2.24. The van der Waals surface area contributed by atoms with Crippen molar-refractivity contribution in [3.63, 3.8) is 0 Å². The SMILES string of the molecule is O=C(c1cn(CCc2ccccc2)nn1)N1CCC([C@H](O)CCc2ccccc2)CC1. The molecule has 31 heavy (non-hydrogen) atoms. The maximum Gasteiger partial charge on any atom is 0.276 e. The lowest BCUT2D eigenvalue weighted by Crippen LogP contribution is -2.41. The van der Waals surface area contributed by atoms with E-state index < -0.39 is 0 Å². The standard InChI is InChI=1S/C25H30N4O2/c30-24(12-11-20-7-3-1-4-8-20)22-14-16-28(17-15-22)25(31)23-19-29(27-26-23)18-13-21-9-5-2-6-10-21/h1-10,19,22,24,30H,11-18H2/t24-/m1/s1. The third-order valence-corrected chi connectivity index (χ3v) is 6.17. The van der Waals surface area contributed by atoms with Gasteiger partial charge in [0.15, 0.2) is 5.69 Å². The molecule has 3 aromatic rings. The first-order valence-corrected chi connectivity index (χ1v) is 11.1. The van der Waals surface area contributed by atoms with Crippen LogP contribution in [0.3, 0.4) is 0 Å². The van der Waals surface area contributed by atoms with Crippen LogP contribution in [-0.2, 0) is 19.4 Å². The Hall–Kier alpha value is -2.99. The summed E-state index contributed by atoms with van der Waals surface area (Å²) in [7, 11) is 0. The second-order valence-corrected chi connectivity index (χ2v) is 8.32. The van der Waals surface area contributed by atoms with E-state index in [2.05, 4.69) is 34.6 Å². The van der Waals surface area contributed by atoms with E-state index >= 15 is 0 Å². The van der Waals surface area contributed by atoms with E-state index in [0.717, 1.165) is 32.1 Å². The summed E-state index contributed by atoms with van der Waals surface area (Å²) >= 11 is 0. The number of hydrogen-bond donors (Lipinski definition) is 1. The van der Waals surface area contributed by atoms with Gasteiger partial charge < -0.3 is 10.0 Å². The molecule has 0 unspecified atom stereocenters. The van der Waals surface area contributed by atoms with E-state index in [-0.39, 0.29) is 17.9 Å². The molecule has 1 saturated heterocycles. The van der Waals surface area contributed by atoms with Gasteiger partial charge in [0.25, 0.3) is 5.91 Å². The van der Waals surface area contributed by atoms with Crippen molar-refractivity contribution in [2.24, 2.45) is 5.92 Å². The number of rotatable bonds is 8. The molecule has 1 aliphatic rings. The molecule has 1 atom stereocenters. The molecule has 1 N–H and O–H groups in total. The van der Waals surface area contributed by atoms with Crippen LogP contribution in [0.1, 0.15) is 40.9 Å². The van der Waals surface area contributed by atoms with Crippen LogP contribution in [0.15, 0.2) is 66.9 Å². The lowest BCUT2D eigenvalue weighted by molar-refractivity contribution is 0.0433. The molecule has 6 nitrogen and oxygen atoms in total. The first-order valence-electron chi connectivity index (χ1n) is 11.1. The molecule has 1 fully saturated rings. The zero-order valence-electron chi connectivity index (χ0n) is 17.8. The van der Waals surface area contributed by atoms with Crippen LogP contribution in [0.2, 0.25) is 0 Å². The highest BCUT2D eigenvalue weighted by atomic mass is 16.3. The Labute approximate surface area is 183 Å². The largest absolute Gasteiger partial charge is 0.393 e. The van der Waals surface area contributed by atoms with Crippen LogP contribution < -0.4 is 0 Å². The second-order valence-electron chi connectivity index (χ2n) is 8.32. The predicted molar refractivity (Wildman–Crippen MR) is 120 cm³/mol. The fourth-order valence-corrected chi connectivity index (χ4v) is 4.24. The minimum Gasteiger partial charge on any atom is -0.393 e. The summed E-state index contributed by atoms with van der Waals surface area (Å²) in [5.41, 5.74) is 2.89. The number of hydrogen-bond acceptors (Lipinski definition) is 4. The molecule has 6 heteroatoms. The summed E-state index contributed by atoms with van der Waals surface area (Å²) in [6.07, 6.45) is 5.56. The molecular weight excluding hydrogens is 388 g/mol. The number of piperidine rings is 1.